The smallest absolute Gasteiger partial charge is 0.416 e. The average Bonchev–Trinajstić information content (AvgIpc) is 2.33. The van der Waals surface area contributed by atoms with Crippen LogP contribution in [0.15, 0.2) is 18.2 Å². The second-order valence-electron chi connectivity index (χ2n) is 3.60. The van der Waals surface area contributed by atoms with Crippen LogP contribution >= 0.6 is 0 Å². The summed E-state index contributed by atoms with van der Waals surface area (Å²) in [5, 5.41) is 2.90. The molecule has 18 heavy (non-hydrogen) atoms. The molecule has 0 aliphatic carbocycles. The van der Waals surface area contributed by atoms with Gasteiger partial charge in [-0.1, -0.05) is 11.8 Å². The molecule has 0 saturated carbocycles. The molecule has 0 atom stereocenters. The van der Waals surface area contributed by atoms with Crippen LogP contribution in [-0.2, 0) is 6.18 Å². The molecule has 0 bridgehead atoms. The van der Waals surface area contributed by atoms with Gasteiger partial charge in [0.25, 0.3) is 0 Å². The van der Waals surface area contributed by atoms with E-state index in [1.807, 2.05) is 0 Å². The van der Waals surface area contributed by atoms with Crippen molar-refractivity contribution in [2.45, 2.75) is 12.6 Å². The molecule has 1 rings (SSSR count). The van der Waals surface area contributed by atoms with Gasteiger partial charge >= 0.3 is 6.18 Å². The van der Waals surface area contributed by atoms with E-state index >= 15 is 0 Å². The lowest BCUT2D eigenvalue weighted by molar-refractivity contribution is -0.137. The van der Waals surface area contributed by atoms with Gasteiger partial charge in [0.1, 0.15) is 5.75 Å². The highest BCUT2D eigenvalue weighted by atomic mass is 19.4. The number of alkyl halides is 3. The predicted molar refractivity (Wildman–Crippen MR) is 63.4 cm³/mol. The first-order valence-corrected chi connectivity index (χ1v) is 5.37. The first-order valence-electron chi connectivity index (χ1n) is 5.37. The average molecular weight is 257 g/mol. The maximum Gasteiger partial charge on any atom is 0.416 e. The van der Waals surface area contributed by atoms with Crippen molar-refractivity contribution in [3.8, 4) is 17.6 Å². The monoisotopic (exact) mass is 257 g/mol. The molecule has 1 aromatic carbocycles. The minimum atomic E-state index is -4.39. The number of methoxy groups -OCH3 is 1. The Labute approximate surface area is 104 Å². The lowest BCUT2D eigenvalue weighted by Crippen LogP contribution is -2.06. The van der Waals surface area contributed by atoms with Crippen LogP contribution in [-0.4, -0.2) is 20.7 Å². The summed E-state index contributed by atoms with van der Waals surface area (Å²) in [6.45, 7) is 0.698. The molecule has 0 aliphatic heterocycles. The van der Waals surface area contributed by atoms with Crippen LogP contribution in [0.3, 0.4) is 0 Å². The number of halogens is 3. The van der Waals surface area contributed by atoms with Gasteiger partial charge < -0.3 is 10.1 Å². The van der Waals surface area contributed by atoms with Gasteiger partial charge in [0.15, 0.2) is 0 Å². The molecular weight excluding hydrogens is 243 g/mol. The van der Waals surface area contributed by atoms with Gasteiger partial charge in [0.2, 0.25) is 0 Å². The van der Waals surface area contributed by atoms with Crippen LogP contribution < -0.4 is 10.1 Å². The minimum Gasteiger partial charge on any atom is -0.497 e. The molecule has 5 heteroatoms. The van der Waals surface area contributed by atoms with Crippen molar-refractivity contribution in [3.63, 3.8) is 0 Å². The van der Waals surface area contributed by atoms with E-state index in [9.17, 15) is 13.2 Å². The highest BCUT2D eigenvalue weighted by Crippen LogP contribution is 2.32. The van der Waals surface area contributed by atoms with E-state index < -0.39 is 11.7 Å². The topological polar surface area (TPSA) is 21.3 Å². The van der Waals surface area contributed by atoms with Crippen LogP contribution in [0.5, 0.6) is 5.75 Å². The second kappa shape index (κ2) is 6.31. The Bertz CT molecular complexity index is 458. The molecular formula is C13H14F3NO. The summed E-state index contributed by atoms with van der Waals surface area (Å²) in [5.41, 5.74) is -0.447. The zero-order valence-electron chi connectivity index (χ0n) is 10.2. The Hall–Kier alpha value is -1.67. The molecule has 0 fully saturated rings. The third kappa shape index (κ3) is 4.30. The third-order valence-corrected chi connectivity index (χ3v) is 2.20. The lowest BCUT2D eigenvalue weighted by Gasteiger charge is -2.09. The van der Waals surface area contributed by atoms with E-state index in [-0.39, 0.29) is 5.75 Å². The Morgan fingerprint density at radius 1 is 1.28 bits per heavy atom. The number of nitrogens with one attached hydrogen (secondary N) is 1. The Balaban J connectivity index is 3.00. The molecule has 98 valence electrons. The first kappa shape index (κ1) is 14.4. The lowest BCUT2D eigenvalue weighted by atomic mass is 10.1. The predicted octanol–water partition coefficient (Wildman–Crippen LogP) is 2.68. The molecule has 0 unspecified atom stereocenters. The summed E-state index contributed by atoms with van der Waals surface area (Å²) in [6.07, 6.45) is -3.81. The summed E-state index contributed by atoms with van der Waals surface area (Å²) in [7, 11) is 3.11. The maximum atomic E-state index is 12.6. The molecule has 0 aromatic heterocycles. The van der Waals surface area contributed by atoms with Gasteiger partial charge in [-0.25, -0.2) is 0 Å². The third-order valence-electron chi connectivity index (χ3n) is 2.20. The van der Waals surface area contributed by atoms with Crippen molar-refractivity contribution in [1.82, 2.24) is 5.32 Å². The van der Waals surface area contributed by atoms with Crippen LogP contribution in [0.1, 0.15) is 17.5 Å². The van der Waals surface area contributed by atoms with Crippen LogP contribution in [0.4, 0.5) is 13.2 Å². The number of benzene rings is 1. The molecule has 1 N–H and O–H groups in total. The number of hydrogen-bond acceptors (Lipinski definition) is 2. The van der Waals surface area contributed by atoms with E-state index in [2.05, 4.69) is 17.2 Å². The molecule has 0 amide bonds. The van der Waals surface area contributed by atoms with Crippen molar-refractivity contribution < 1.29 is 17.9 Å². The highest BCUT2D eigenvalue weighted by Gasteiger charge is 2.31. The maximum absolute atomic E-state index is 12.6. The highest BCUT2D eigenvalue weighted by molar-refractivity contribution is 5.44. The van der Waals surface area contributed by atoms with E-state index in [4.69, 9.17) is 4.74 Å². The minimum absolute atomic E-state index is 0.155. The van der Waals surface area contributed by atoms with Crippen LogP contribution in [0.25, 0.3) is 0 Å². The van der Waals surface area contributed by atoms with E-state index in [1.54, 1.807) is 7.05 Å². The van der Waals surface area contributed by atoms with E-state index in [1.165, 1.54) is 13.2 Å². The molecule has 0 heterocycles. The summed E-state index contributed by atoms with van der Waals surface area (Å²) < 4.78 is 42.7. The summed E-state index contributed by atoms with van der Waals surface area (Å²) in [5.74, 6) is 5.65. The van der Waals surface area contributed by atoms with Gasteiger partial charge in [-0.2, -0.15) is 13.2 Å². The summed E-state index contributed by atoms with van der Waals surface area (Å²) >= 11 is 0. The van der Waals surface area contributed by atoms with Crippen LogP contribution in [0, 0.1) is 11.8 Å². The standard InChI is InChI=1S/C13H14F3NO/c1-17-6-4-3-5-10-7-11(13(14,15)16)9-12(8-10)18-2/h7-9,17H,4,6H2,1-2H3. The van der Waals surface area contributed by atoms with Gasteiger partial charge in [-0.05, 0) is 25.2 Å². The fourth-order valence-electron chi connectivity index (χ4n) is 1.30. The van der Waals surface area contributed by atoms with Crippen LogP contribution in [0.2, 0.25) is 0 Å². The quantitative estimate of drug-likeness (QED) is 0.664. The van der Waals surface area contributed by atoms with Gasteiger partial charge in [-0.15, -0.1) is 0 Å². The van der Waals surface area contributed by atoms with Crippen molar-refractivity contribution in [2.24, 2.45) is 0 Å². The molecule has 0 radical (unpaired) electrons. The summed E-state index contributed by atoms with van der Waals surface area (Å²) in [4.78, 5) is 0. The van der Waals surface area contributed by atoms with Crippen molar-refractivity contribution >= 4 is 0 Å². The fraction of sp³-hybridized carbons (Fsp3) is 0.385. The first-order chi connectivity index (χ1) is 8.47. The number of ether oxygens (including phenoxy) is 1. The molecule has 0 spiro atoms. The van der Waals surface area contributed by atoms with Gasteiger partial charge in [-0.3, -0.25) is 0 Å². The zero-order valence-corrected chi connectivity index (χ0v) is 10.2. The molecule has 0 saturated heterocycles. The number of rotatable bonds is 3. The Morgan fingerprint density at radius 2 is 2.00 bits per heavy atom. The fourth-order valence-corrected chi connectivity index (χ4v) is 1.30. The zero-order chi connectivity index (χ0) is 13.6. The van der Waals surface area contributed by atoms with Crippen molar-refractivity contribution in [3.05, 3.63) is 29.3 Å². The Morgan fingerprint density at radius 3 is 2.56 bits per heavy atom. The molecule has 2 nitrogen and oxygen atoms in total. The SMILES string of the molecule is CNCCC#Cc1cc(OC)cc(C(F)(F)F)c1. The normalized spacial score (nSPS) is 10.7. The van der Waals surface area contributed by atoms with E-state index in [0.717, 1.165) is 12.1 Å². The molecule has 0 aliphatic rings. The molecule has 1 aromatic rings. The Kier molecular flexibility index (Phi) is 5.05. The van der Waals surface area contributed by atoms with Crippen molar-refractivity contribution in [2.75, 3.05) is 20.7 Å². The number of hydrogen-bond donors (Lipinski definition) is 1. The van der Waals surface area contributed by atoms with Gasteiger partial charge in [0.05, 0.1) is 12.7 Å². The van der Waals surface area contributed by atoms with Crippen molar-refractivity contribution in [1.29, 1.82) is 0 Å². The van der Waals surface area contributed by atoms with Gasteiger partial charge in [0, 0.05) is 18.5 Å². The van der Waals surface area contributed by atoms with E-state index in [0.29, 0.717) is 18.5 Å². The largest absolute Gasteiger partial charge is 0.497 e. The second-order valence-corrected chi connectivity index (χ2v) is 3.60. The summed E-state index contributed by atoms with van der Waals surface area (Å²) in [6, 6.07) is 3.47.